The van der Waals surface area contributed by atoms with E-state index in [2.05, 4.69) is 15.4 Å². The zero-order valence-electron chi connectivity index (χ0n) is 15.8. The van der Waals surface area contributed by atoms with Crippen LogP contribution in [0.1, 0.15) is 16.8 Å². The molecule has 1 aliphatic heterocycles. The number of ether oxygens (including phenoxy) is 1. The van der Waals surface area contributed by atoms with Gasteiger partial charge in [-0.3, -0.25) is 14.3 Å². The number of benzene rings is 1. The highest BCUT2D eigenvalue weighted by molar-refractivity contribution is 5.95. The predicted octanol–water partition coefficient (Wildman–Crippen LogP) is 0.384. The third-order valence-electron chi connectivity index (χ3n) is 4.52. The van der Waals surface area contributed by atoms with Gasteiger partial charge in [0.2, 0.25) is 5.91 Å². The summed E-state index contributed by atoms with van der Waals surface area (Å²) in [5, 5.41) is 6.88. The van der Waals surface area contributed by atoms with Crippen LogP contribution in [0.4, 0.5) is 5.69 Å². The Morgan fingerprint density at radius 2 is 2.19 bits per heavy atom. The molecule has 1 aromatic heterocycles. The Kier molecular flexibility index (Phi) is 5.58. The SMILES string of the molecule is CN(C)C(=O)c1ccc2c(c1)N(C)C(CC(=O)NCCn1cncn1)CO2. The molecule has 2 amide bonds. The number of fused-ring (bicyclic) bond motifs is 1. The van der Waals surface area contributed by atoms with E-state index >= 15 is 0 Å². The first-order valence-corrected chi connectivity index (χ1v) is 8.76. The van der Waals surface area contributed by atoms with Crippen LogP contribution in [0.5, 0.6) is 5.75 Å². The van der Waals surface area contributed by atoms with Crippen LogP contribution in [-0.4, -0.2) is 71.8 Å². The summed E-state index contributed by atoms with van der Waals surface area (Å²) in [6, 6.07) is 5.27. The van der Waals surface area contributed by atoms with Crippen LogP contribution in [0, 0.1) is 0 Å². The number of nitrogens with one attached hydrogen (secondary N) is 1. The summed E-state index contributed by atoms with van der Waals surface area (Å²) in [6.07, 6.45) is 3.38. The summed E-state index contributed by atoms with van der Waals surface area (Å²) in [5.41, 5.74) is 1.40. The van der Waals surface area contributed by atoms with Gasteiger partial charge in [0.05, 0.1) is 24.7 Å². The normalized spacial score (nSPS) is 15.7. The van der Waals surface area contributed by atoms with Gasteiger partial charge < -0.3 is 19.9 Å². The van der Waals surface area contributed by atoms with Gasteiger partial charge in [-0.15, -0.1) is 0 Å². The first kappa shape index (κ1) is 18.7. The lowest BCUT2D eigenvalue weighted by Gasteiger charge is -2.35. The van der Waals surface area contributed by atoms with E-state index in [-0.39, 0.29) is 17.9 Å². The van der Waals surface area contributed by atoms with Crippen molar-refractivity contribution in [1.82, 2.24) is 25.0 Å². The molecule has 0 fully saturated rings. The Balaban J connectivity index is 1.60. The summed E-state index contributed by atoms with van der Waals surface area (Å²) in [7, 11) is 5.35. The maximum Gasteiger partial charge on any atom is 0.253 e. The van der Waals surface area contributed by atoms with E-state index < -0.39 is 0 Å². The number of carbonyl (C=O) groups excluding carboxylic acids is 2. The van der Waals surface area contributed by atoms with Gasteiger partial charge in [-0.05, 0) is 18.2 Å². The second kappa shape index (κ2) is 8.07. The molecule has 0 spiro atoms. The molecule has 0 saturated carbocycles. The summed E-state index contributed by atoms with van der Waals surface area (Å²) >= 11 is 0. The fourth-order valence-electron chi connectivity index (χ4n) is 2.94. The molecule has 27 heavy (non-hydrogen) atoms. The van der Waals surface area contributed by atoms with Gasteiger partial charge >= 0.3 is 0 Å². The highest BCUT2D eigenvalue weighted by Crippen LogP contribution is 2.34. The van der Waals surface area contributed by atoms with E-state index in [4.69, 9.17) is 4.74 Å². The summed E-state index contributed by atoms with van der Waals surface area (Å²) < 4.78 is 7.46. The van der Waals surface area contributed by atoms with E-state index in [1.54, 1.807) is 37.2 Å². The lowest BCUT2D eigenvalue weighted by Crippen LogP contribution is -2.44. The van der Waals surface area contributed by atoms with Gasteiger partial charge in [-0.25, -0.2) is 4.98 Å². The first-order chi connectivity index (χ1) is 13.0. The fourth-order valence-corrected chi connectivity index (χ4v) is 2.94. The van der Waals surface area contributed by atoms with Crippen molar-refractivity contribution in [1.29, 1.82) is 0 Å². The molecule has 1 aromatic carbocycles. The van der Waals surface area contributed by atoms with Crippen LogP contribution in [0.15, 0.2) is 30.9 Å². The molecule has 0 bridgehead atoms. The average Bonchev–Trinajstić information content (AvgIpc) is 3.16. The standard InChI is InChI=1S/C18H24N6O3/c1-22(2)18(26)13-4-5-16-15(8-13)23(3)14(10-27-16)9-17(25)20-6-7-24-12-19-11-21-24/h4-5,8,11-12,14H,6-7,9-10H2,1-3H3,(H,20,25). The lowest BCUT2D eigenvalue weighted by atomic mass is 10.1. The van der Waals surface area contributed by atoms with Crippen molar-refractivity contribution < 1.29 is 14.3 Å². The smallest absolute Gasteiger partial charge is 0.253 e. The maximum absolute atomic E-state index is 12.3. The van der Waals surface area contributed by atoms with Gasteiger partial charge in [-0.2, -0.15) is 5.10 Å². The molecule has 0 radical (unpaired) electrons. The van der Waals surface area contributed by atoms with Crippen molar-refractivity contribution >= 4 is 17.5 Å². The molecule has 9 nitrogen and oxygen atoms in total. The summed E-state index contributed by atoms with van der Waals surface area (Å²) in [6.45, 7) is 1.47. The Labute approximate surface area is 157 Å². The minimum absolute atomic E-state index is 0.0560. The molecule has 0 saturated heterocycles. The minimum Gasteiger partial charge on any atom is -0.489 e. The number of nitrogens with zero attached hydrogens (tertiary/aromatic N) is 5. The third kappa shape index (κ3) is 4.36. The number of likely N-dealkylation sites (N-methyl/N-ethyl adjacent to an activating group) is 1. The topological polar surface area (TPSA) is 92.6 Å². The quantitative estimate of drug-likeness (QED) is 0.788. The molecule has 1 unspecified atom stereocenters. The molecular formula is C18H24N6O3. The number of aromatic nitrogens is 3. The van der Waals surface area contributed by atoms with Crippen LogP contribution < -0.4 is 15.0 Å². The molecule has 1 aliphatic rings. The Morgan fingerprint density at radius 3 is 2.89 bits per heavy atom. The van der Waals surface area contributed by atoms with E-state index in [0.29, 0.717) is 31.7 Å². The number of hydrogen-bond donors (Lipinski definition) is 1. The largest absolute Gasteiger partial charge is 0.489 e. The first-order valence-electron chi connectivity index (χ1n) is 8.76. The molecule has 1 N–H and O–H groups in total. The van der Waals surface area contributed by atoms with E-state index in [0.717, 1.165) is 11.4 Å². The monoisotopic (exact) mass is 372 g/mol. The summed E-state index contributed by atoms with van der Waals surface area (Å²) in [5.74, 6) is 0.592. The van der Waals surface area contributed by atoms with Crippen LogP contribution in [0.2, 0.25) is 0 Å². The van der Waals surface area contributed by atoms with E-state index in [1.165, 1.54) is 11.2 Å². The van der Waals surface area contributed by atoms with Crippen molar-refractivity contribution in [3.05, 3.63) is 36.4 Å². The molecule has 1 atom stereocenters. The van der Waals surface area contributed by atoms with Crippen molar-refractivity contribution in [2.24, 2.45) is 0 Å². The third-order valence-corrected chi connectivity index (χ3v) is 4.52. The number of carbonyl (C=O) groups is 2. The van der Waals surface area contributed by atoms with E-state index in [1.807, 2.05) is 18.0 Å². The van der Waals surface area contributed by atoms with Gasteiger partial charge in [0.25, 0.3) is 5.91 Å². The van der Waals surface area contributed by atoms with Gasteiger partial charge in [0.1, 0.15) is 25.0 Å². The van der Waals surface area contributed by atoms with Gasteiger partial charge in [0.15, 0.2) is 0 Å². The molecule has 3 rings (SSSR count). The van der Waals surface area contributed by atoms with Gasteiger partial charge in [0, 0.05) is 33.3 Å². The summed E-state index contributed by atoms with van der Waals surface area (Å²) in [4.78, 5) is 31.9. The van der Waals surface area contributed by atoms with Gasteiger partial charge in [-0.1, -0.05) is 0 Å². The molecular weight excluding hydrogens is 348 g/mol. The fraction of sp³-hybridized carbons (Fsp3) is 0.444. The Bertz CT molecular complexity index is 805. The molecule has 0 aliphatic carbocycles. The van der Waals surface area contributed by atoms with Crippen LogP contribution in [0.25, 0.3) is 0 Å². The zero-order valence-corrected chi connectivity index (χ0v) is 15.8. The predicted molar refractivity (Wildman–Crippen MR) is 99.8 cm³/mol. The number of anilines is 1. The highest BCUT2D eigenvalue weighted by atomic mass is 16.5. The molecule has 9 heteroatoms. The van der Waals surface area contributed by atoms with E-state index in [9.17, 15) is 9.59 Å². The van der Waals surface area contributed by atoms with Crippen LogP contribution in [-0.2, 0) is 11.3 Å². The second-order valence-electron chi connectivity index (χ2n) is 6.67. The lowest BCUT2D eigenvalue weighted by molar-refractivity contribution is -0.121. The van der Waals surface area contributed by atoms with Crippen molar-refractivity contribution in [2.75, 3.05) is 39.2 Å². The Morgan fingerprint density at radius 1 is 1.37 bits per heavy atom. The van der Waals surface area contributed by atoms with Crippen LogP contribution in [0.3, 0.4) is 0 Å². The van der Waals surface area contributed by atoms with Crippen molar-refractivity contribution in [3.8, 4) is 5.75 Å². The molecule has 2 heterocycles. The van der Waals surface area contributed by atoms with Crippen molar-refractivity contribution in [2.45, 2.75) is 19.0 Å². The van der Waals surface area contributed by atoms with Crippen LogP contribution >= 0.6 is 0 Å². The second-order valence-corrected chi connectivity index (χ2v) is 6.67. The number of amides is 2. The zero-order chi connectivity index (χ0) is 19.4. The number of hydrogen-bond acceptors (Lipinski definition) is 6. The molecule has 2 aromatic rings. The highest BCUT2D eigenvalue weighted by Gasteiger charge is 2.27. The average molecular weight is 372 g/mol. The molecule has 144 valence electrons. The maximum atomic E-state index is 12.3. The Hall–Kier alpha value is -3.10. The number of rotatable bonds is 6. The van der Waals surface area contributed by atoms with Crippen molar-refractivity contribution in [3.63, 3.8) is 0 Å². The minimum atomic E-state index is -0.103.